The van der Waals surface area contributed by atoms with Crippen molar-refractivity contribution in [3.63, 3.8) is 0 Å². The molecule has 3 N–H and O–H groups in total. The van der Waals surface area contributed by atoms with Crippen LogP contribution in [0.25, 0.3) is 0 Å². The van der Waals surface area contributed by atoms with Gasteiger partial charge in [-0.25, -0.2) is 14.4 Å². The highest BCUT2D eigenvalue weighted by molar-refractivity contribution is 9.11. The molecule has 2 atom stereocenters. The van der Waals surface area contributed by atoms with Crippen molar-refractivity contribution in [2.24, 2.45) is 16.6 Å². The summed E-state index contributed by atoms with van der Waals surface area (Å²) in [6.45, 7) is 0.872. The van der Waals surface area contributed by atoms with Crippen molar-refractivity contribution in [3.8, 4) is 0 Å². The maximum Gasteiger partial charge on any atom is 0.275 e. The Morgan fingerprint density at radius 1 is 1.38 bits per heavy atom. The smallest absolute Gasteiger partial charge is 0.275 e. The highest BCUT2D eigenvalue weighted by Gasteiger charge is 2.47. The van der Waals surface area contributed by atoms with E-state index in [1.54, 1.807) is 12.1 Å². The molecule has 29 heavy (non-hydrogen) atoms. The number of carbonyl (C=O) groups is 1. The standard InChI is InChI=1S/C19H17Br2FN4O2S/c20-11-5-14(21)16(24-7-11)17(27)25-12-1-2-15(22)13(6-12)19-9-28-4-3-10(19)8-29-18(23)26-19/h1-2,5-7,10H,3-4,8-9H2,(H2,23,26)(H,25,27)/t10?,19-/m0/s1. The number of fused-ring (bicyclic) bond motifs is 1. The van der Waals surface area contributed by atoms with Gasteiger partial charge in [-0.15, -0.1) is 0 Å². The number of pyridine rings is 1. The molecular formula is C19H17Br2FN4O2S. The Morgan fingerprint density at radius 3 is 3.00 bits per heavy atom. The molecule has 2 aromatic rings. The number of nitrogens with one attached hydrogen (secondary N) is 1. The van der Waals surface area contributed by atoms with Gasteiger partial charge in [-0.1, -0.05) is 11.8 Å². The third kappa shape index (κ3) is 4.08. The molecule has 6 nitrogen and oxygen atoms in total. The molecule has 0 aliphatic carbocycles. The molecule has 1 saturated heterocycles. The van der Waals surface area contributed by atoms with Crippen molar-refractivity contribution in [1.82, 2.24) is 4.98 Å². The fourth-order valence-corrected chi connectivity index (χ4v) is 5.84. The predicted octanol–water partition coefficient (Wildman–Crippen LogP) is 4.29. The number of ether oxygens (including phenoxy) is 1. The van der Waals surface area contributed by atoms with Gasteiger partial charge in [0.1, 0.15) is 17.1 Å². The fourth-order valence-electron chi connectivity index (χ4n) is 3.63. The Morgan fingerprint density at radius 2 is 2.21 bits per heavy atom. The first-order valence-corrected chi connectivity index (χ1v) is 11.4. The minimum absolute atomic E-state index is 0.108. The molecule has 4 rings (SSSR count). The predicted molar refractivity (Wildman–Crippen MR) is 119 cm³/mol. The SMILES string of the molecule is NC1=N[C@@]2(c3cc(NC(=O)c4ncc(Br)cc4Br)ccc3F)COCCC2CS1. The summed E-state index contributed by atoms with van der Waals surface area (Å²) >= 11 is 8.13. The van der Waals surface area contributed by atoms with Crippen molar-refractivity contribution in [3.05, 3.63) is 56.5 Å². The van der Waals surface area contributed by atoms with Gasteiger partial charge in [0.2, 0.25) is 0 Å². The van der Waals surface area contributed by atoms with Gasteiger partial charge in [-0.2, -0.15) is 0 Å². The lowest BCUT2D eigenvalue weighted by Crippen LogP contribution is -2.48. The summed E-state index contributed by atoms with van der Waals surface area (Å²) < 4.78 is 21.9. The van der Waals surface area contributed by atoms with E-state index in [9.17, 15) is 9.18 Å². The molecule has 1 unspecified atom stereocenters. The van der Waals surface area contributed by atoms with Gasteiger partial charge >= 0.3 is 0 Å². The lowest BCUT2D eigenvalue weighted by molar-refractivity contribution is 0.00304. The molecule has 1 aromatic heterocycles. The van der Waals surface area contributed by atoms with Crippen LogP contribution in [0.2, 0.25) is 0 Å². The zero-order valence-electron chi connectivity index (χ0n) is 15.1. The summed E-state index contributed by atoms with van der Waals surface area (Å²) in [7, 11) is 0. The van der Waals surface area contributed by atoms with Gasteiger partial charge < -0.3 is 15.8 Å². The number of nitrogens with two attached hydrogens (primary N) is 1. The average molecular weight is 544 g/mol. The number of rotatable bonds is 3. The quantitative estimate of drug-likeness (QED) is 0.602. The topological polar surface area (TPSA) is 89.6 Å². The number of carbonyl (C=O) groups excluding carboxylic acids is 1. The van der Waals surface area contributed by atoms with Gasteiger partial charge in [-0.05, 0) is 62.5 Å². The van der Waals surface area contributed by atoms with Gasteiger partial charge in [0.25, 0.3) is 5.91 Å². The molecule has 152 valence electrons. The van der Waals surface area contributed by atoms with Crippen LogP contribution in [-0.4, -0.2) is 35.0 Å². The summed E-state index contributed by atoms with van der Waals surface area (Å²) in [5.41, 5.74) is 6.17. The molecule has 10 heteroatoms. The van der Waals surface area contributed by atoms with E-state index >= 15 is 0 Å². The van der Waals surface area contributed by atoms with E-state index in [-0.39, 0.29) is 18.2 Å². The zero-order valence-corrected chi connectivity index (χ0v) is 19.1. The first-order valence-electron chi connectivity index (χ1n) is 8.87. The first kappa shape index (κ1) is 20.8. The molecule has 0 spiro atoms. The van der Waals surface area contributed by atoms with Crippen LogP contribution < -0.4 is 11.1 Å². The van der Waals surface area contributed by atoms with Crippen LogP contribution in [0.1, 0.15) is 22.5 Å². The Balaban J connectivity index is 1.69. The van der Waals surface area contributed by atoms with E-state index in [4.69, 9.17) is 10.5 Å². The van der Waals surface area contributed by atoms with E-state index in [1.807, 2.05) is 0 Å². The van der Waals surface area contributed by atoms with E-state index in [0.717, 1.165) is 16.6 Å². The van der Waals surface area contributed by atoms with E-state index in [1.165, 1.54) is 30.1 Å². The lowest BCUT2D eigenvalue weighted by Gasteiger charge is -2.43. The molecule has 2 aliphatic heterocycles. The minimum Gasteiger partial charge on any atom is -0.379 e. The zero-order chi connectivity index (χ0) is 20.6. The van der Waals surface area contributed by atoms with Gasteiger partial charge in [-0.3, -0.25) is 4.79 Å². The monoisotopic (exact) mass is 542 g/mol. The summed E-state index contributed by atoms with van der Waals surface area (Å²) in [6.07, 6.45) is 2.31. The van der Waals surface area contributed by atoms with Crippen molar-refractivity contribution in [1.29, 1.82) is 0 Å². The molecule has 2 aliphatic rings. The highest BCUT2D eigenvalue weighted by atomic mass is 79.9. The summed E-state index contributed by atoms with van der Waals surface area (Å²) in [4.78, 5) is 21.4. The van der Waals surface area contributed by atoms with Crippen LogP contribution in [0, 0.1) is 11.7 Å². The number of hydrogen-bond donors (Lipinski definition) is 2. The van der Waals surface area contributed by atoms with Crippen LogP contribution in [0.5, 0.6) is 0 Å². The number of hydrogen-bond acceptors (Lipinski definition) is 6. The second-order valence-corrected chi connectivity index (χ2v) is 9.67. The molecule has 1 fully saturated rings. The number of amides is 1. The number of nitrogens with zero attached hydrogens (tertiary/aromatic N) is 2. The number of halogens is 3. The van der Waals surface area contributed by atoms with Crippen LogP contribution in [0.3, 0.4) is 0 Å². The summed E-state index contributed by atoms with van der Waals surface area (Å²) in [6, 6.07) is 6.21. The van der Waals surface area contributed by atoms with Crippen molar-refractivity contribution in [2.75, 3.05) is 24.3 Å². The molecule has 1 amide bonds. The minimum atomic E-state index is -0.880. The second kappa shape index (κ2) is 8.33. The highest BCUT2D eigenvalue weighted by Crippen LogP contribution is 2.45. The Kier molecular flexibility index (Phi) is 5.97. The van der Waals surface area contributed by atoms with Crippen molar-refractivity contribution < 1.29 is 13.9 Å². The van der Waals surface area contributed by atoms with Crippen molar-refractivity contribution in [2.45, 2.75) is 12.0 Å². The maximum atomic E-state index is 14.9. The van der Waals surface area contributed by atoms with E-state index in [2.05, 4.69) is 47.2 Å². The maximum absolute atomic E-state index is 14.9. The lowest BCUT2D eigenvalue weighted by atomic mass is 9.76. The van der Waals surface area contributed by atoms with Crippen LogP contribution in [0.4, 0.5) is 10.1 Å². The molecule has 0 saturated carbocycles. The van der Waals surface area contributed by atoms with Gasteiger partial charge in [0, 0.05) is 40.2 Å². The number of aromatic nitrogens is 1. The largest absolute Gasteiger partial charge is 0.379 e. The van der Waals surface area contributed by atoms with E-state index < -0.39 is 17.3 Å². The van der Waals surface area contributed by atoms with E-state index in [0.29, 0.717) is 27.5 Å². The molecular weight excluding hydrogens is 527 g/mol. The number of aliphatic imine (C=N–C) groups is 1. The van der Waals surface area contributed by atoms with Gasteiger partial charge in [0.05, 0.1) is 11.1 Å². The number of anilines is 1. The fraction of sp³-hybridized carbons (Fsp3) is 0.316. The Labute approximate surface area is 188 Å². The number of thioether (sulfide) groups is 1. The molecule has 1 aromatic carbocycles. The summed E-state index contributed by atoms with van der Waals surface area (Å²) in [5, 5.41) is 3.21. The number of amidine groups is 1. The van der Waals surface area contributed by atoms with Crippen LogP contribution >= 0.6 is 43.6 Å². The number of benzene rings is 1. The second-order valence-electron chi connectivity index (χ2n) is 6.86. The van der Waals surface area contributed by atoms with Gasteiger partial charge in [0.15, 0.2) is 5.17 Å². The van der Waals surface area contributed by atoms with Crippen LogP contribution in [-0.2, 0) is 10.3 Å². The summed E-state index contributed by atoms with van der Waals surface area (Å²) in [5.74, 6) is 0.0593. The Hall–Kier alpha value is -1.49. The van der Waals surface area contributed by atoms with Crippen molar-refractivity contribution >= 4 is 60.4 Å². The Bertz CT molecular complexity index is 1010. The molecule has 3 heterocycles. The van der Waals surface area contributed by atoms with Crippen LogP contribution in [0.15, 0.2) is 44.4 Å². The third-order valence-electron chi connectivity index (χ3n) is 5.06. The average Bonchev–Trinajstić information content (AvgIpc) is 2.69. The molecule has 0 radical (unpaired) electrons. The third-order valence-corrected chi connectivity index (χ3v) is 7.06. The molecule has 0 bridgehead atoms. The normalized spacial score (nSPS) is 23.8. The first-order chi connectivity index (χ1) is 13.9.